The Bertz CT molecular complexity index is 1170. The predicted octanol–water partition coefficient (Wildman–Crippen LogP) is 2.16. The number of hydrogen-bond donors (Lipinski definition) is 0. The molecule has 8 nitrogen and oxygen atoms in total. The van der Waals surface area contributed by atoms with Crippen LogP contribution in [0, 0.1) is 23.7 Å². The number of hydrogen-bond acceptors (Lipinski definition) is 5. The van der Waals surface area contributed by atoms with Crippen molar-refractivity contribution in [2.45, 2.75) is 38.3 Å². The minimum atomic E-state index is -0.122. The highest BCUT2D eigenvalue weighted by Crippen LogP contribution is 2.48. The SMILES string of the molecule is CC#CC(=O)N(C)[C@H]1C[C@H]2C[C@@H]1[C@H](Oc1nc(-c3cnn(C)c3)cn3nccc13)C2. The van der Waals surface area contributed by atoms with Gasteiger partial charge in [0, 0.05) is 37.8 Å². The van der Waals surface area contributed by atoms with E-state index in [1.54, 1.807) is 33.4 Å². The minimum Gasteiger partial charge on any atom is -0.472 e. The third-order valence-electron chi connectivity index (χ3n) is 6.39. The van der Waals surface area contributed by atoms with Crippen LogP contribution in [0.5, 0.6) is 5.88 Å². The Morgan fingerprint density at radius 1 is 1.27 bits per heavy atom. The molecule has 2 fully saturated rings. The van der Waals surface area contributed by atoms with Crippen LogP contribution in [0.4, 0.5) is 0 Å². The maximum absolute atomic E-state index is 12.3. The lowest BCUT2D eigenvalue weighted by Crippen LogP contribution is -2.45. The zero-order chi connectivity index (χ0) is 20.8. The number of amides is 1. The van der Waals surface area contributed by atoms with E-state index in [0.717, 1.165) is 36.0 Å². The number of aryl methyl sites for hydroxylation is 1. The van der Waals surface area contributed by atoms with Crippen molar-refractivity contribution in [3.05, 3.63) is 30.9 Å². The second-order valence-corrected chi connectivity index (χ2v) is 8.25. The van der Waals surface area contributed by atoms with E-state index in [1.165, 1.54) is 0 Å². The Balaban J connectivity index is 1.44. The highest BCUT2D eigenvalue weighted by Gasteiger charge is 2.50. The van der Waals surface area contributed by atoms with E-state index in [4.69, 9.17) is 9.72 Å². The fraction of sp³-hybridized carbons (Fsp3) is 0.455. The van der Waals surface area contributed by atoms with E-state index in [2.05, 4.69) is 22.0 Å². The molecule has 3 aromatic rings. The zero-order valence-corrected chi connectivity index (χ0v) is 17.3. The first kappa shape index (κ1) is 18.7. The van der Waals surface area contributed by atoms with Crippen LogP contribution in [0.1, 0.15) is 26.2 Å². The van der Waals surface area contributed by atoms with Crippen molar-refractivity contribution in [3.63, 3.8) is 0 Å². The number of carbonyl (C=O) groups excluding carboxylic acids is 1. The third kappa shape index (κ3) is 3.11. The largest absolute Gasteiger partial charge is 0.472 e. The van der Waals surface area contributed by atoms with Crippen molar-refractivity contribution < 1.29 is 9.53 Å². The summed E-state index contributed by atoms with van der Waals surface area (Å²) in [5, 5.41) is 8.63. The van der Waals surface area contributed by atoms with Crippen LogP contribution in [-0.2, 0) is 11.8 Å². The Labute approximate surface area is 174 Å². The molecule has 5 rings (SSSR count). The van der Waals surface area contributed by atoms with Crippen molar-refractivity contribution in [3.8, 4) is 29.0 Å². The fourth-order valence-corrected chi connectivity index (χ4v) is 5.00. The fourth-order valence-electron chi connectivity index (χ4n) is 5.00. The van der Waals surface area contributed by atoms with E-state index in [9.17, 15) is 4.79 Å². The van der Waals surface area contributed by atoms with Gasteiger partial charge in [0.25, 0.3) is 5.91 Å². The van der Waals surface area contributed by atoms with Crippen LogP contribution in [-0.4, -0.2) is 54.4 Å². The van der Waals surface area contributed by atoms with Crippen molar-refractivity contribution in [1.29, 1.82) is 0 Å². The Hall–Kier alpha value is -3.34. The molecule has 3 heterocycles. The van der Waals surface area contributed by atoms with E-state index in [0.29, 0.717) is 11.8 Å². The summed E-state index contributed by atoms with van der Waals surface area (Å²) in [7, 11) is 3.73. The molecule has 0 saturated heterocycles. The van der Waals surface area contributed by atoms with Crippen molar-refractivity contribution in [1.82, 2.24) is 29.3 Å². The van der Waals surface area contributed by atoms with Crippen LogP contribution in [0.3, 0.4) is 0 Å². The molecule has 2 aliphatic rings. The second-order valence-electron chi connectivity index (χ2n) is 8.25. The molecular formula is C22H24N6O2. The summed E-state index contributed by atoms with van der Waals surface area (Å²) in [6.07, 6.45) is 10.4. The van der Waals surface area contributed by atoms with Gasteiger partial charge < -0.3 is 9.64 Å². The average molecular weight is 404 g/mol. The van der Waals surface area contributed by atoms with Gasteiger partial charge in [0.05, 0.1) is 24.3 Å². The summed E-state index contributed by atoms with van der Waals surface area (Å²) < 4.78 is 10.0. The second kappa shape index (κ2) is 7.17. The van der Waals surface area contributed by atoms with Crippen molar-refractivity contribution in [2.24, 2.45) is 18.9 Å². The summed E-state index contributed by atoms with van der Waals surface area (Å²) in [6, 6.07) is 2.07. The first-order valence-electron chi connectivity index (χ1n) is 10.2. The number of nitrogens with zero attached hydrogens (tertiary/aromatic N) is 6. The molecule has 4 atom stereocenters. The molecule has 154 valence electrons. The van der Waals surface area contributed by atoms with Gasteiger partial charge in [-0.25, -0.2) is 9.50 Å². The van der Waals surface area contributed by atoms with E-state index >= 15 is 0 Å². The summed E-state index contributed by atoms with van der Waals surface area (Å²) >= 11 is 0. The average Bonchev–Trinajstić information content (AvgIpc) is 3.51. The molecule has 0 aliphatic heterocycles. The molecule has 2 bridgehead atoms. The van der Waals surface area contributed by atoms with Crippen molar-refractivity contribution >= 4 is 11.4 Å². The maximum atomic E-state index is 12.3. The first-order chi connectivity index (χ1) is 14.5. The maximum Gasteiger partial charge on any atom is 0.298 e. The van der Waals surface area contributed by atoms with Crippen LogP contribution >= 0.6 is 0 Å². The first-order valence-corrected chi connectivity index (χ1v) is 10.2. The van der Waals surface area contributed by atoms with Crippen LogP contribution < -0.4 is 4.74 Å². The highest BCUT2D eigenvalue weighted by atomic mass is 16.5. The van der Waals surface area contributed by atoms with Gasteiger partial charge in [-0.1, -0.05) is 5.92 Å². The zero-order valence-electron chi connectivity index (χ0n) is 17.3. The number of rotatable bonds is 4. The smallest absolute Gasteiger partial charge is 0.298 e. The van der Waals surface area contributed by atoms with E-state index in [1.807, 2.05) is 32.6 Å². The Kier molecular flexibility index (Phi) is 4.46. The number of ether oxygens (including phenoxy) is 1. The van der Waals surface area contributed by atoms with E-state index in [-0.39, 0.29) is 24.0 Å². The molecule has 2 aliphatic carbocycles. The summed E-state index contributed by atoms with van der Waals surface area (Å²) in [5.74, 6) is 6.68. The topological polar surface area (TPSA) is 77.6 Å². The summed E-state index contributed by atoms with van der Waals surface area (Å²) in [6.45, 7) is 1.69. The molecular weight excluding hydrogens is 380 g/mol. The number of carbonyl (C=O) groups is 1. The number of fused-ring (bicyclic) bond motifs is 3. The molecule has 2 saturated carbocycles. The highest BCUT2D eigenvalue weighted by molar-refractivity contribution is 5.93. The molecule has 0 N–H and O–H groups in total. The molecule has 8 heteroatoms. The lowest BCUT2D eigenvalue weighted by atomic mass is 9.91. The monoisotopic (exact) mass is 404 g/mol. The van der Waals surface area contributed by atoms with Crippen LogP contribution in [0.2, 0.25) is 0 Å². The Morgan fingerprint density at radius 2 is 2.13 bits per heavy atom. The van der Waals surface area contributed by atoms with E-state index < -0.39 is 0 Å². The lowest BCUT2D eigenvalue weighted by Gasteiger charge is -2.34. The predicted molar refractivity (Wildman–Crippen MR) is 110 cm³/mol. The van der Waals surface area contributed by atoms with Gasteiger partial charge in [-0.15, -0.1) is 0 Å². The summed E-state index contributed by atoms with van der Waals surface area (Å²) in [4.78, 5) is 18.9. The standard InChI is InChI=1S/C22H24N6O2/c1-4-5-21(29)27(3)19-9-14-8-16(19)20(10-14)30-22-18-6-7-23-28(18)13-17(25-22)15-11-24-26(2)12-15/h6-7,11-14,16,19-20H,8-10H2,1-3H3/t14-,16+,19+,20-/m1/s1. The molecule has 0 aromatic carbocycles. The van der Waals surface area contributed by atoms with Gasteiger partial charge in [-0.3, -0.25) is 9.48 Å². The van der Waals surface area contributed by atoms with Crippen molar-refractivity contribution in [2.75, 3.05) is 7.05 Å². The van der Waals surface area contributed by atoms with Gasteiger partial charge in [-0.2, -0.15) is 10.2 Å². The Morgan fingerprint density at radius 3 is 2.87 bits per heavy atom. The van der Waals surface area contributed by atoms with Crippen LogP contribution in [0.25, 0.3) is 16.8 Å². The minimum absolute atomic E-state index is 0.0222. The summed E-state index contributed by atoms with van der Waals surface area (Å²) in [5.41, 5.74) is 2.51. The third-order valence-corrected chi connectivity index (χ3v) is 6.39. The van der Waals surface area contributed by atoms with Gasteiger partial charge in [-0.05, 0) is 44.1 Å². The quantitative estimate of drug-likeness (QED) is 0.623. The van der Waals surface area contributed by atoms with Gasteiger partial charge in [0.15, 0.2) is 0 Å². The van der Waals surface area contributed by atoms with Crippen LogP contribution in [0.15, 0.2) is 30.9 Å². The molecule has 0 radical (unpaired) electrons. The molecule has 3 aromatic heterocycles. The molecule has 0 unspecified atom stereocenters. The molecule has 0 spiro atoms. The normalized spacial score (nSPS) is 24.6. The van der Waals surface area contributed by atoms with Gasteiger partial charge >= 0.3 is 0 Å². The molecule has 1 amide bonds. The van der Waals surface area contributed by atoms with Gasteiger partial charge in [0.1, 0.15) is 11.6 Å². The van der Waals surface area contributed by atoms with Gasteiger partial charge in [0.2, 0.25) is 5.88 Å². The lowest BCUT2D eigenvalue weighted by molar-refractivity contribution is -0.127. The number of aromatic nitrogens is 5. The molecule has 30 heavy (non-hydrogen) atoms.